The molecule has 2 saturated carbocycles. The number of halogens is 3. The molecule has 14 nitrogen and oxygen atoms in total. The molecule has 0 unspecified atom stereocenters. The summed E-state index contributed by atoms with van der Waals surface area (Å²) in [6.45, 7) is 3.14. The predicted molar refractivity (Wildman–Crippen MR) is 259 cm³/mol. The molecule has 8 aromatic rings. The van der Waals surface area contributed by atoms with Gasteiger partial charge in [0.1, 0.15) is 11.5 Å². The Hall–Kier alpha value is -7.56. The second-order valence-electron chi connectivity index (χ2n) is 18.1. The summed E-state index contributed by atoms with van der Waals surface area (Å²) < 4.78 is 54.9. The summed E-state index contributed by atoms with van der Waals surface area (Å²) in [5.41, 5.74) is 9.40. The van der Waals surface area contributed by atoms with Crippen LogP contribution in [0, 0.1) is 11.8 Å². The lowest BCUT2D eigenvalue weighted by Crippen LogP contribution is -2.28. The van der Waals surface area contributed by atoms with Crippen molar-refractivity contribution in [3.05, 3.63) is 121 Å². The van der Waals surface area contributed by atoms with Crippen LogP contribution < -0.4 is 19.3 Å². The zero-order valence-corrected chi connectivity index (χ0v) is 38.9. The standard InChI is InChI=1S/C28H30N6O2.C24H22F3N5O/c1-32-18-21(15-30-32)27-16-29-25-8-7-22(14-26(25)31-27)34(17-19-5-6-19)23-11-20(12-24(13-23)36-2)28(35)33-9-3-4-10-33;1-31-14-16(11-29-31)23-12-28-21-6-5-18(10-22(21)30-23)32(13-15-3-4-15)19-7-17(24(25,26)27)8-20(9-19)33-2/h7-8,11-16,18-19H,3-6,9-10,17H2,1-2H3;5-12,14-15H,3-4,13H2,1-2H3. The van der Waals surface area contributed by atoms with Crippen molar-refractivity contribution in [1.82, 2.24) is 44.4 Å². The van der Waals surface area contributed by atoms with Gasteiger partial charge in [-0.05, 0) is 111 Å². The number of anilines is 4. The Morgan fingerprint density at radius 2 is 1.12 bits per heavy atom. The molecule has 1 saturated heterocycles. The number of amides is 1. The van der Waals surface area contributed by atoms with Gasteiger partial charge in [0.05, 0.1) is 78.0 Å². The predicted octanol–water partition coefficient (Wildman–Crippen LogP) is 10.4. The van der Waals surface area contributed by atoms with E-state index in [0.717, 1.165) is 96.3 Å². The minimum atomic E-state index is -4.47. The Bertz CT molecular complexity index is 3160. The molecule has 5 heterocycles. The van der Waals surface area contributed by atoms with Gasteiger partial charge in [-0.2, -0.15) is 23.4 Å². The molecular formula is C52H52F3N11O3. The van der Waals surface area contributed by atoms with Gasteiger partial charge < -0.3 is 24.2 Å². The fourth-order valence-corrected chi connectivity index (χ4v) is 8.66. The van der Waals surface area contributed by atoms with Crippen LogP contribution in [0.3, 0.4) is 0 Å². The molecule has 0 atom stereocenters. The summed E-state index contributed by atoms with van der Waals surface area (Å²) in [7, 11) is 6.74. The maximum Gasteiger partial charge on any atom is 0.416 e. The average Bonchev–Trinajstić information content (AvgIpc) is 4.20. The van der Waals surface area contributed by atoms with Crippen molar-refractivity contribution in [2.45, 2.75) is 44.7 Å². The number of ether oxygens (including phenoxy) is 2. The SMILES string of the molecule is COc1cc(C(=O)N2CCCC2)cc(N(CC2CC2)c2ccc3ncc(-c4cnn(C)c4)nc3c2)c1.COc1cc(N(CC2CC2)c2ccc3ncc(-c4cnn(C)c4)nc3c2)cc(C(F)(F)F)c1. The Labute approximate surface area is 397 Å². The van der Waals surface area contributed by atoms with Crippen molar-refractivity contribution < 1.29 is 27.4 Å². The zero-order chi connectivity index (χ0) is 47.8. The largest absolute Gasteiger partial charge is 0.497 e. The summed E-state index contributed by atoms with van der Waals surface area (Å²) >= 11 is 0. The lowest BCUT2D eigenvalue weighted by Gasteiger charge is -2.27. The van der Waals surface area contributed by atoms with E-state index < -0.39 is 11.7 Å². The molecule has 0 spiro atoms. The highest BCUT2D eigenvalue weighted by molar-refractivity contribution is 5.96. The van der Waals surface area contributed by atoms with E-state index in [9.17, 15) is 18.0 Å². The first-order valence-electron chi connectivity index (χ1n) is 23.2. The summed E-state index contributed by atoms with van der Waals surface area (Å²) in [5.74, 6) is 2.01. The number of nitrogens with zero attached hydrogens (tertiary/aromatic N) is 11. The lowest BCUT2D eigenvalue weighted by atomic mass is 10.1. The maximum absolute atomic E-state index is 13.5. The van der Waals surface area contributed by atoms with Crippen molar-refractivity contribution in [2.75, 3.05) is 50.2 Å². The number of alkyl halides is 3. The van der Waals surface area contributed by atoms with Gasteiger partial charge in [0.15, 0.2) is 0 Å². The molecule has 17 heteroatoms. The molecule has 11 rings (SSSR count). The minimum Gasteiger partial charge on any atom is -0.497 e. The van der Waals surface area contributed by atoms with Gasteiger partial charge >= 0.3 is 6.18 Å². The van der Waals surface area contributed by atoms with Gasteiger partial charge in [0, 0.05) is 104 Å². The van der Waals surface area contributed by atoms with Gasteiger partial charge in [-0.25, -0.2) is 9.97 Å². The van der Waals surface area contributed by atoms with Crippen LogP contribution in [0.2, 0.25) is 0 Å². The molecule has 0 N–H and O–H groups in total. The monoisotopic (exact) mass is 935 g/mol. The van der Waals surface area contributed by atoms with Gasteiger partial charge in [0.2, 0.25) is 0 Å². The Balaban J connectivity index is 0.000000161. The molecule has 0 radical (unpaired) electrons. The number of fused-ring (bicyclic) bond motifs is 2. The molecule has 3 fully saturated rings. The first-order valence-corrected chi connectivity index (χ1v) is 23.2. The number of carbonyl (C=O) groups excluding carboxylic acids is 1. The van der Waals surface area contributed by atoms with E-state index in [1.807, 2.05) is 78.8 Å². The van der Waals surface area contributed by atoms with Crippen molar-refractivity contribution in [2.24, 2.45) is 25.9 Å². The van der Waals surface area contributed by atoms with Gasteiger partial charge in [-0.1, -0.05) is 0 Å². The summed E-state index contributed by atoms with van der Waals surface area (Å²) in [4.78, 5) is 38.1. The van der Waals surface area contributed by atoms with Crippen LogP contribution in [-0.4, -0.2) is 90.7 Å². The Morgan fingerprint density at radius 3 is 1.57 bits per heavy atom. The number of benzene rings is 4. The molecular weight excluding hydrogens is 884 g/mol. The van der Waals surface area contributed by atoms with E-state index in [1.165, 1.54) is 26.0 Å². The van der Waals surface area contributed by atoms with Crippen LogP contribution in [0.15, 0.2) is 110 Å². The second kappa shape index (κ2) is 18.8. The van der Waals surface area contributed by atoms with E-state index in [4.69, 9.17) is 19.4 Å². The normalized spacial score (nSPS) is 14.7. The molecule has 4 aromatic carbocycles. The third kappa shape index (κ3) is 10.3. The number of methoxy groups -OCH3 is 2. The van der Waals surface area contributed by atoms with Gasteiger partial charge in [-0.15, -0.1) is 0 Å². The molecule has 1 aliphatic heterocycles. The highest BCUT2D eigenvalue weighted by atomic mass is 19.4. The van der Waals surface area contributed by atoms with E-state index in [-0.39, 0.29) is 11.7 Å². The first-order chi connectivity index (χ1) is 33.4. The number of hydrogen-bond donors (Lipinski definition) is 0. The molecule has 4 aromatic heterocycles. The topological polar surface area (TPSA) is 132 Å². The summed E-state index contributed by atoms with van der Waals surface area (Å²) in [5, 5.41) is 8.44. The lowest BCUT2D eigenvalue weighted by molar-refractivity contribution is -0.137. The number of aryl methyl sites for hydroxylation is 2. The average molecular weight is 936 g/mol. The van der Waals surface area contributed by atoms with Crippen LogP contribution in [0.4, 0.5) is 35.9 Å². The zero-order valence-electron chi connectivity index (χ0n) is 38.9. The van der Waals surface area contributed by atoms with E-state index in [1.54, 1.807) is 47.3 Å². The molecule has 0 bridgehead atoms. The number of carbonyl (C=O) groups is 1. The van der Waals surface area contributed by atoms with Gasteiger partial charge in [0.25, 0.3) is 5.91 Å². The third-order valence-corrected chi connectivity index (χ3v) is 12.8. The highest BCUT2D eigenvalue weighted by Gasteiger charge is 2.33. The number of rotatable bonds is 13. The first kappa shape index (κ1) is 45.2. The van der Waals surface area contributed by atoms with E-state index in [0.29, 0.717) is 52.1 Å². The summed E-state index contributed by atoms with van der Waals surface area (Å²) in [6.07, 6.45) is 13.0. The fraction of sp³-hybridized carbons (Fsp3) is 0.327. The summed E-state index contributed by atoms with van der Waals surface area (Å²) in [6, 6.07) is 21.5. The Kier molecular flexibility index (Phi) is 12.4. The molecule has 1 amide bonds. The number of aromatic nitrogens is 8. The minimum absolute atomic E-state index is 0.0736. The van der Waals surface area contributed by atoms with Crippen molar-refractivity contribution >= 4 is 50.7 Å². The van der Waals surface area contributed by atoms with Crippen molar-refractivity contribution in [1.29, 1.82) is 0 Å². The Morgan fingerprint density at radius 1 is 0.623 bits per heavy atom. The van der Waals surface area contributed by atoms with Crippen LogP contribution in [0.25, 0.3) is 44.6 Å². The van der Waals surface area contributed by atoms with Gasteiger partial charge in [-0.3, -0.25) is 24.1 Å². The van der Waals surface area contributed by atoms with Crippen LogP contribution >= 0.6 is 0 Å². The van der Waals surface area contributed by atoms with Crippen LogP contribution in [-0.2, 0) is 20.3 Å². The third-order valence-electron chi connectivity index (χ3n) is 12.8. The molecule has 354 valence electrons. The maximum atomic E-state index is 13.5. The highest BCUT2D eigenvalue weighted by Crippen LogP contribution is 2.41. The number of hydrogen-bond acceptors (Lipinski definition) is 11. The molecule has 3 aliphatic rings. The van der Waals surface area contributed by atoms with Crippen LogP contribution in [0.1, 0.15) is 54.4 Å². The van der Waals surface area contributed by atoms with E-state index >= 15 is 0 Å². The quantitative estimate of drug-likeness (QED) is 0.109. The molecule has 2 aliphatic carbocycles. The fourth-order valence-electron chi connectivity index (χ4n) is 8.66. The second-order valence-corrected chi connectivity index (χ2v) is 18.1. The molecule has 69 heavy (non-hydrogen) atoms. The number of likely N-dealkylation sites (tertiary alicyclic amines) is 1. The van der Waals surface area contributed by atoms with Crippen molar-refractivity contribution in [3.8, 4) is 34.0 Å². The van der Waals surface area contributed by atoms with Crippen LogP contribution in [0.5, 0.6) is 11.5 Å². The van der Waals surface area contributed by atoms with Crippen molar-refractivity contribution in [3.63, 3.8) is 0 Å². The smallest absolute Gasteiger partial charge is 0.416 e. The van der Waals surface area contributed by atoms with E-state index in [2.05, 4.69) is 37.2 Å².